The van der Waals surface area contributed by atoms with E-state index in [4.69, 9.17) is 4.74 Å². The molecule has 1 saturated carbocycles. The summed E-state index contributed by atoms with van der Waals surface area (Å²) in [5.74, 6) is 0.854. The van der Waals surface area contributed by atoms with Crippen molar-refractivity contribution < 1.29 is 4.74 Å². The molecule has 14 heavy (non-hydrogen) atoms. The minimum absolute atomic E-state index is 0.311. The van der Waals surface area contributed by atoms with Crippen molar-refractivity contribution >= 4 is 0 Å². The van der Waals surface area contributed by atoms with Gasteiger partial charge in [-0.25, -0.2) is 0 Å². The highest BCUT2D eigenvalue weighted by molar-refractivity contribution is 5.02. The molecule has 0 aromatic carbocycles. The second-order valence-corrected chi connectivity index (χ2v) is 5.27. The van der Waals surface area contributed by atoms with Gasteiger partial charge in [0.05, 0.1) is 6.10 Å². The van der Waals surface area contributed by atoms with E-state index in [0.717, 1.165) is 12.5 Å². The van der Waals surface area contributed by atoms with E-state index in [0.29, 0.717) is 17.6 Å². The molecular weight excluding hydrogens is 176 g/mol. The lowest BCUT2D eigenvalue weighted by molar-refractivity contribution is -0.0983. The summed E-state index contributed by atoms with van der Waals surface area (Å²) in [7, 11) is 1.82. The molecule has 0 amide bonds. The summed E-state index contributed by atoms with van der Waals surface area (Å²) >= 11 is 0. The molecule has 0 aromatic heterocycles. The fraction of sp³-hybridized carbons (Fsp3) is 1.00. The lowest BCUT2D eigenvalue weighted by Gasteiger charge is -2.52. The van der Waals surface area contributed by atoms with Crippen LogP contribution in [0.5, 0.6) is 0 Å². The number of ether oxygens (including phenoxy) is 1. The molecule has 2 rings (SSSR count). The maximum atomic E-state index is 5.43. The molecule has 82 valence electrons. The van der Waals surface area contributed by atoms with Crippen LogP contribution in [0.25, 0.3) is 0 Å². The maximum absolute atomic E-state index is 5.43. The van der Waals surface area contributed by atoms with Crippen molar-refractivity contribution in [1.29, 1.82) is 0 Å². The van der Waals surface area contributed by atoms with Crippen molar-refractivity contribution in [2.75, 3.05) is 26.7 Å². The van der Waals surface area contributed by atoms with Gasteiger partial charge in [-0.15, -0.1) is 0 Å². The van der Waals surface area contributed by atoms with E-state index in [-0.39, 0.29) is 0 Å². The van der Waals surface area contributed by atoms with Crippen LogP contribution < -0.4 is 10.6 Å². The van der Waals surface area contributed by atoms with Gasteiger partial charge in [0.2, 0.25) is 0 Å². The topological polar surface area (TPSA) is 33.3 Å². The van der Waals surface area contributed by atoms with Crippen LogP contribution in [0.15, 0.2) is 0 Å². The van der Waals surface area contributed by atoms with Crippen LogP contribution in [0.1, 0.15) is 20.3 Å². The zero-order valence-electron chi connectivity index (χ0n) is 9.47. The fourth-order valence-corrected chi connectivity index (χ4v) is 2.43. The third kappa shape index (κ3) is 1.69. The van der Waals surface area contributed by atoms with Gasteiger partial charge in [0.15, 0.2) is 0 Å². The Morgan fingerprint density at radius 2 is 2.14 bits per heavy atom. The molecule has 0 radical (unpaired) electrons. The number of nitrogens with one attached hydrogen (secondary N) is 2. The van der Waals surface area contributed by atoms with Gasteiger partial charge >= 0.3 is 0 Å². The molecule has 3 nitrogen and oxygen atoms in total. The van der Waals surface area contributed by atoms with E-state index in [2.05, 4.69) is 24.5 Å². The molecule has 2 atom stereocenters. The molecule has 1 aliphatic heterocycles. The number of hydrogen-bond donors (Lipinski definition) is 2. The van der Waals surface area contributed by atoms with Gasteiger partial charge in [-0.2, -0.15) is 0 Å². The molecule has 0 aromatic rings. The van der Waals surface area contributed by atoms with Crippen LogP contribution in [0, 0.1) is 11.3 Å². The Labute approximate surface area is 86.6 Å². The quantitative estimate of drug-likeness (QED) is 0.694. The average molecular weight is 198 g/mol. The van der Waals surface area contributed by atoms with Gasteiger partial charge < -0.3 is 15.4 Å². The predicted octanol–water partition coefficient (Wildman–Crippen LogP) is 0.609. The van der Waals surface area contributed by atoms with Crippen LogP contribution in [-0.2, 0) is 4.74 Å². The summed E-state index contributed by atoms with van der Waals surface area (Å²) in [4.78, 5) is 0. The van der Waals surface area contributed by atoms with Crippen molar-refractivity contribution in [3.05, 3.63) is 0 Å². The highest BCUT2D eigenvalue weighted by atomic mass is 16.5. The first-order valence-corrected chi connectivity index (χ1v) is 5.61. The molecule has 2 unspecified atom stereocenters. The smallest absolute Gasteiger partial charge is 0.0652 e. The van der Waals surface area contributed by atoms with Crippen LogP contribution in [0.4, 0.5) is 0 Å². The first-order chi connectivity index (χ1) is 6.64. The second-order valence-electron chi connectivity index (χ2n) is 5.27. The first kappa shape index (κ1) is 10.4. The minimum Gasteiger partial charge on any atom is -0.381 e. The predicted molar refractivity (Wildman–Crippen MR) is 57.3 cm³/mol. The van der Waals surface area contributed by atoms with Crippen LogP contribution in [0.2, 0.25) is 0 Å². The van der Waals surface area contributed by atoms with E-state index in [1.54, 1.807) is 0 Å². The Bertz CT molecular complexity index is 201. The molecular formula is C11H22N2O. The molecule has 3 heteroatoms. The van der Waals surface area contributed by atoms with Crippen LogP contribution in [0.3, 0.4) is 0 Å². The van der Waals surface area contributed by atoms with E-state index in [9.17, 15) is 0 Å². The zero-order valence-corrected chi connectivity index (χ0v) is 9.47. The molecule has 0 spiro atoms. The largest absolute Gasteiger partial charge is 0.381 e. The summed E-state index contributed by atoms with van der Waals surface area (Å²) in [5, 5.41) is 6.95. The normalized spacial score (nSPS) is 36.2. The molecule has 2 N–H and O–H groups in total. The molecule has 1 aliphatic carbocycles. The molecule has 2 fully saturated rings. The van der Waals surface area contributed by atoms with Gasteiger partial charge in [-0.1, -0.05) is 13.8 Å². The van der Waals surface area contributed by atoms with Crippen LogP contribution in [-0.4, -0.2) is 38.9 Å². The second kappa shape index (κ2) is 3.80. The van der Waals surface area contributed by atoms with Gasteiger partial charge in [-0.05, 0) is 12.3 Å². The molecule has 0 bridgehead atoms. The van der Waals surface area contributed by atoms with Crippen molar-refractivity contribution in [2.45, 2.75) is 32.4 Å². The third-order valence-corrected chi connectivity index (χ3v) is 3.98. The highest BCUT2D eigenvalue weighted by Crippen LogP contribution is 2.42. The fourth-order valence-electron chi connectivity index (χ4n) is 2.43. The number of rotatable bonds is 4. The van der Waals surface area contributed by atoms with E-state index in [1.165, 1.54) is 19.5 Å². The lowest BCUT2D eigenvalue weighted by atomic mass is 9.64. The Morgan fingerprint density at radius 3 is 2.57 bits per heavy atom. The zero-order chi connectivity index (χ0) is 10.2. The van der Waals surface area contributed by atoms with Gasteiger partial charge in [0.25, 0.3) is 0 Å². The van der Waals surface area contributed by atoms with Crippen molar-refractivity contribution in [3.63, 3.8) is 0 Å². The molecule has 1 saturated heterocycles. The summed E-state index contributed by atoms with van der Waals surface area (Å²) in [6, 6.07) is 0.646. The monoisotopic (exact) mass is 198 g/mol. The summed E-state index contributed by atoms with van der Waals surface area (Å²) in [6.07, 6.45) is 1.61. The molecule has 2 aliphatic rings. The maximum Gasteiger partial charge on any atom is 0.0652 e. The summed E-state index contributed by atoms with van der Waals surface area (Å²) < 4.78 is 5.43. The third-order valence-electron chi connectivity index (χ3n) is 3.98. The van der Waals surface area contributed by atoms with E-state index >= 15 is 0 Å². The summed E-state index contributed by atoms with van der Waals surface area (Å²) in [5.41, 5.74) is 0.311. The Hall–Kier alpha value is -0.120. The highest BCUT2D eigenvalue weighted by Gasteiger charge is 2.48. The Morgan fingerprint density at radius 1 is 1.43 bits per heavy atom. The summed E-state index contributed by atoms with van der Waals surface area (Å²) in [6.45, 7) is 8.13. The van der Waals surface area contributed by atoms with Crippen LogP contribution >= 0.6 is 0 Å². The SMILES string of the molecule is COC1CC(NCC2CNC2)C1(C)C. The molecule has 1 heterocycles. The number of methoxy groups -OCH3 is 1. The van der Waals surface area contributed by atoms with Crippen molar-refractivity contribution in [1.82, 2.24) is 10.6 Å². The van der Waals surface area contributed by atoms with Gasteiger partial charge in [-0.3, -0.25) is 0 Å². The van der Waals surface area contributed by atoms with E-state index in [1.807, 2.05) is 7.11 Å². The van der Waals surface area contributed by atoms with Gasteiger partial charge in [0.1, 0.15) is 0 Å². The number of hydrogen-bond acceptors (Lipinski definition) is 3. The standard InChI is InChI=1S/C11H22N2O/c1-11(2)9(4-10(11)14-3)13-7-8-5-12-6-8/h8-10,12-13H,4-7H2,1-3H3. The van der Waals surface area contributed by atoms with E-state index < -0.39 is 0 Å². The minimum atomic E-state index is 0.311. The van der Waals surface area contributed by atoms with Gasteiger partial charge in [0, 0.05) is 38.2 Å². The first-order valence-electron chi connectivity index (χ1n) is 5.61. The Kier molecular flexibility index (Phi) is 2.82. The lowest BCUT2D eigenvalue weighted by Crippen LogP contribution is -2.62. The van der Waals surface area contributed by atoms with Crippen molar-refractivity contribution in [3.8, 4) is 0 Å². The average Bonchev–Trinajstić information content (AvgIpc) is 2.06. The Balaban J connectivity index is 1.72. The van der Waals surface area contributed by atoms with Crippen molar-refractivity contribution in [2.24, 2.45) is 11.3 Å².